The van der Waals surface area contributed by atoms with E-state index in [-0.39, 0.29) is 0 Å². The Labute approximate surface area is 167 Å². The molecule has 0 spiro atoms. The van der Waals surface area contributed by atoms with Crippen molar-refractivity contribution in [3.8, 4) is 34.1 Å². The van der Waals surface area contributed by atoms with Crippen molar-refractivity contribution < 1.29 is 14.0 Å². The zero-order chi connectivity index (χ0) is 19.8. The highest BCUT2D eigenvalue weighted by atomic mass is 16.5. The molecule has 146 valence electrons. The van der Waals surface area contributed by atoms with E-state index in [9.17, 15) is 0 Å². The highest BCUT2D eigenvalue weighted by Crippen LogP contribution is 2.43. The molecule has 29 heavy (non-hydrogen) atoms. The van der Waals surface area contributed by atoms with Gasteiger partial charge in [-0.3, -0.25) is 5.10 Å². The summed E-state index contributed by atoms with van der Waals surface area (Å²) in [6.45, 7) is 0.536. The van der Waals surface area contributed by atoms with Crippen LogP contribution in [0.3, 0.4) is 0 Å². The normalized spacial score (nSPS) is 11.8. The van der Waals surface area contributed by atoms with Crippen molar-refractivity contribution in [1.29, 1.82) is 0 Å². The molecule has 2 heterocycles. The second kappa shape index (κ2) is 7.01. The molecule has 1 aliphatic rings. The molecule has 7 nitrogen and oxygen atoms in total. The number of nitrogens with one attached hydrogen (secondary N) is 2. The summed E-state index contributed by atoms with van der Waals surface area (Å²) in [5, 5.41) is 15.2. The summed E-state index contributed by atoms with van der Waals surface area (Å²) in [4.78, 5) is 0. The third-order valence-corrected chi connectivity index (χ3v) is 5.16. The largest absolute Gasteiger partial charge is 0.493 e. The maximum atomic E-state index is 5.47. The van der Waals surface area contributed by atoms with Gasteiger partial charge in [-0.15, -0.1) is 0 Å². The number of benzene rings is 2. The smallest absolute Gasteiger partial charge is 0.167 e. The van der Waals surface area contributed by atoms with Gasteiger partial charge >= 0.3 is 0 Å². The van der Waals surface area contributed by atoms with E-state index in [1.54, 1.807) is 14.2 Å². The highest BCUT2D eigenvalue weighted by molar-refractivity contribution is 5.80. The number of aromatic amines is 1. The monoisotopic (exact) mass is 388 g/mol. The summed E-state index contributed by atoms with van der Waals surface area (Å²) in [7, 11) is 3.28. The minimum Gasteiger partial charge on any atom is -0.493 e. The van der Waals surface area contributed by atoms with Gasteiger partial charge in [0, 0.05) is 29.2 Å². The molecule has 0 bridgehead atoms. The number of anilines is 1. The van der Waals surface area contributed by atoms with Crippen molar-refractivity contribution in [2.24, 2.45) is 0 Å². The zero-order valence-electron chi connectivity index (χ0n) is 16.2. The van der Waals surface area contributed by atoms with Gasteiger partial charge in [0.05, 0.1) is 26.5 Å². The van der Waals surface area contributed by atoms with Crippen molar-refractivity contribution in [3.05, 3.63) is 65.4 Å². The molecule has 2 aromatic carbocycles. The Hall–Kier alpha value is -3.74. The standard InChI is InChI=1S/C22H20N4O3/c1-27-19-9-14-8-17-21(16(14)11-20(19)28-2)24-25-22(17)23-12-15-10-18(29-26-15)13-6-4-3-5-7-13/h3-7,9-11H,8,12H2,1-2H3,(H2,23,24,25). The number of nitrogens with zero attached hydrogens (tertiary/aromatic N) is 2. The van der Waals surface area contributed by atoms with Gasteiger partial charge in [-0.1, -0.05) is 35.5 Å². The van der Waals surface area contributed by atoms with Gasteiger partial charge in [-0.25, -0.2) is 0 Å². The van der Waals surface area contributed by atoms with Gasteiger partial charge in [0.15, 0.2) is 17.3 Å². The molecule has 2 aromatic heterocycles. The first kappa shape index (κ1) is 17.4. The molecule has 5 rings (SSSR count). The summed E-state index contributed by atoms with van der Waals surface area (Å²) >= 11 is 0. The molecule has 0 saturated carbocycles. The lowest BCUT2D eigenvalue weighted by atomic mass is 10.1. The third-order valence-electron chi connectivity index (χ3n) is 5.16. The van der Waals surface area contributed by atoms with Gasteiger partial charge in [-0.2, -0.15) is 5.10 Å². The van der Waals surface area contributed by atoms with E-state index < -0.39 is 0 Å². The van der Waals surface area contributed by atoms with E-state index in [0.717, 1.165) is 51.8 Å². The molecule has 0 saturated heterocycles. The van der Waals surface area contributed by atoms with E-state index in [2.05, 4.69) is 20.7 Å². The topological polar surface area (TPSA) is 85.2 Å². The number of fused-ring (bicyclic) bond motifs is 3. The molecule has 0 amide bonds. The SMILES string of the molecule is COc1cc2c(cc1OC)-c1n[nH]c(NCc3cc(-c4ccccc4)on3)c1C2. The molecule has 0 atom stereocenters. The predicted molar refractivity (Wildman–Crippen MR) is 109 cm³/mol. The van der Waals surface area contributed by atoms with Gasteiger partial charge in [-0.05, 0) is 17.7 Å². The number of aromatic nitrogens is 3. The lowest BCUT2D eigenvalue weighted by Crippen LogP contribution is -2.02. The van der Waals surface area contributed by atoms with E-state index in [1.807, 2.05) is 48.5 Å². The maximum absolute atomic E-state index is 5.47. The number of ether oxygens (including phenoxy) is 2. The van der Waals surface area contributed by atoms with Crippen LogP contribution < -0.4 is 14.8 Å². The molecule has 4 aromatic rings. The Morgan fingerprint density at radius 2 is 1.86 bits per heavy atom. The minimum atomic E-state index is 0.536. The van der Waals surface area contributed by atoms with Crippen LogP contribution in [-0.4, -0.2) is 29.6 Å². The van der Waals surface area contributed by atoms with Crippen LogP contribution in [0, 0.1) is 0 Å². The van der Waals surface area contributed by atoms with Crippen LogP contribution in [0.25, 0.3) is 22.6 Å². The average molecular weight is 388 g/mol. The second-order valence-corrected chi connectivity index (χ2v) is 6.87. The second-order valence-electron chi connectivity index (χ2n) is 6.87. The fourth-order valence-corrected chi connectivity index (χ4v) is 3.70. The van der Waals surface area contributed by atoms with Crippen LogP contribution in [-0.2, 0) is 13.0 Å². The van der Waals surface area contributed by atoms with Crippen LogP contribution in [0.2, 0.25) is 0 Å². The highest BCUT2D eigenvalue weighted by Gasteiger charge is 2.27. The summed E-state index contributed by atoms with van der Waals surface area (Å²) in [5.41, 5.74) is 6.13. The van der Waals surface area contributed by atoms with Crippen molar-refractivity contribution in [1.82, 2.24) is 15.4 Å². The first-order valence-corrected chi connectivity index (χ1v) is 9.34. The molecule has 0 radical (unpaired) electrons. The Morgan fingerprint density at radius 3 is 2.66 bits per heavy atom. The lowest BCUT2D eigenvalue weighted by Gasteiger charge is -2.10. The molecule has 0 unspecified atom stereocenters. The molecule has 0 aliphatic heterocycles. The van der Waals surface area contributed by atoms with Crippen molar-refractivity contribution in [3.63, 3.8) is 0 Å². The molecular weight excluding hydrogens is 368 g/mol. The molecule has 0 fully saturated rings. The minimum absolute atomic E-state index is 0.536. The fraction of sp³-hybridized carbons (Fsp3) is 0.182. The number of hydrogen-bond acceptors (Lipinski definition) is 6. The Kier molecular flexibility index (Phi) is 4.20. The van der Waals surface area contributed by atoms with Gasteiger partial charge in [0.2, 0.25) is 0 Å². The number of H-pyrrole nitrogens is 1. The van der Waals surface area contributed by atoms with Gasteiger partial charge < -0.3 is 19.3 Å². The van der Waals surface area contributed by atoms with E-state index >= 15 is 0 Å². The number of hydrogen-bond donors (Lipinski definition) is 2. The third kappa shape index (κ3) is 3.00. The average Bonchev–Trinajstić information content (AvgIpc) is 3.47. The lowest BCUT2D eigenvalue weighted by molar-refractivity contribution is 0.355. The summed E-state index contributed by atoms with van der Waals surface area (Å²) in [5.74, 6) is 3.07. The molecule has 2 N–H and O–H groups in total. The van der Waals surface area contributed by atoms with E-state index in [0.29, 0.717) is 12.3 Å². The predicted octanol–water partition coefficient (Wildman–Crippen LogP) is 4.27. The summed E-state index contributed by atoms with van der Waals surface area (Å²) in [6, 6.07) is 15.9. The van der Waals surface area contributed by atoms with Crippen LogP contribution in [0.4, 0.5) is 5.82 Å². The zero-order valence-corrected chi connectivity index (χ0v) is 16.2. The van der Waals surface area contributed by atoms with Crippen molar-refractivity contribution >= 4 is 5.82 Å². The van der Waals surface area contributed by atoms with Gasteiger partial charge in [0.1, 0.15) is 11.5 Å². The number of rotatable bonds is 6. The van der Waals surface area contributed by atoms with Crippen LogP contribution >= 0.6 is 0 Å². The first-order chi connectivity index (χ1) is 14.3. The number of methoxy groups -OCH3 is 2. The van der Waals surface area contributed by atoms with E-state index in [4.69, 9.17) is 14.0 Å². The maximum Gasteiger partial charge on any atom is 0.167 e. The Morgan fingerprint density at radius 1 is 1.07 bits per heavy atom. The van der Waals surface area contributed by atoms with E-state index in [1.165, 1.54) is 5.56 Å². The fourth-order valence-electron chi connectivity index (χ4n) is 3.70. The molecular formula is C22H20N4O3. The van der Waals surface area contributed by atoms with Crippen LogP contribution in [0.15, 0.2) is 53.1 Å². The Bertz CT molecular complexity index is 1160. The quantitative estimate of drug-likeness (QED) is 0.452. The molecule has 7 heteroatoms. The van der Waals surface area contributed by atoms with Crippen LogP contribution in [0.1, 0.15) is 16.8 Å². The van der Waals surface area contributed by atoms with Gasteiger partial charge in [0.25, 0.3) is 0 Å². The Balaban J connectivity index is 1.35. The summed E-state index contributed by atoms with van der Waals surface area (Å²) < 4.78 is 16.3. The van der Waals surface area contributed by atoms with Crippen molar-refractivity contribution in [2.75, 3.05) is 19.5 Å². The first-order valence-electron chi connectivity index (χ1n) is 9.34. The molecule has 1 aliphatic carbocycles. The van der Waals surface area contributed by atoms with Crippen molar-refractivity contribution in [2.45, 2.75) is 13.0 Å². The summed E-state index contributed by atoms with van der Waals surface area (Å²) in [6.07, 6.45) is 0.776. The van der Waals surface area contributed by atoms with Crippen LogP contribution in [0.5, 0.6) is 11.5 Å².